The minimum Gasteiger partial charge on any atom is -0.507 e. The van der Waals surface area contributed by atoms with Gasteiger partial charge in [0.2, 0.25) is 0 Å². The van der Waals surface area contributed by atoms with Crippen LogP contribution in [0.15, 0.2) is 53.8 Å². The first-order valence-electron chi connectivity index (χ1n) is 6.62. The molecule has 0 saturated heterocycles. The Bertz CT molecular complexity index is 905. The van der Waals surface area contributed by atoms with Crippen molar-refractivity contribution in [3.8, 4) is 5.75 Å². The molecule has 0 spiro atoms. The molecule has 8 heteroatoms. The largest absolute Gasteiger partial charge is 0.507 e. The van der Waals surface area contributed by atoms with Gasteiger partial charge in [-0.05, 0) is 6.07 Å². The zero-order chi connectivity index (χ0) is 16.2. The molecule has 0 aliphatic carbocycles. The summed E-state index contributed by atoms with van der Waals surface area (Å²) in [5.74, 6) is 0.342. The molecule has 0 unspecified atom stereocenters. The molecule has 1 aromatic heterocycles. The highest BCUT2D eigenvalue weighted by molar-refractivity contribution is 5.91. The van der Waals surface area contributed by atoms with E-state index in [1.807, 2.05) is 24.3 Å². The fourth-order valence-electron chi connectivity index (χ4n) is 2.03. The van der Waals surface area contributed by atoms with E-state index in [1.165, 1.54) is 24.4 Å². The predicted molar refractivity (Wildman–Crippen MR) is 85.5 cm³/mol. The monoisotopic (exact) mass is 309 g/mol. The molecule has 23 heavy (non-hydrogen) atoms. The molecule has 0 aliphatic rings. The molecule has 2 N–H and O–H groups in total. The number of fused-ring (bicyclic) bond motifs is 1. The first-order valence-corrected chi connectivity index (χ1v) is 6.62. The molecule has 2 aromatic carbocycles. The maximum Gasteiger partial charge on any atom is 0.270 e. The van der Waals surface area contributed by atoms with Gasteiger partial charge in [-0.15, -0.1) is 5.10 Å². The van der Waals surface area contributed by atoms with Gasteiger partial charge >= 0.3 is 0 Å². The number of nitrogens with zero attached hydrogens (tertiary/aromatic N) is 4. The summed E-state index contributed by atoms with van der Waals surface area (Å²) in [6, 6.07) is 11.2. The van der Waals surface area contributed by atoms with E-state index >= 15 is 0 Å². The Balaban J connectivity index is 1.86. The molecule has 0 saturated carbocycles. The number of hydrazone groups is 1. The first kappa shape index (κ1) is 14.4. The maximum absolute atomic E-state index is 10.8. The van der Waals surface area contributed by atoms with Gasteiger partial charge in [-0.3, -0.25) is 15.5 Å². The maximum atomic E-state index is 10.8. The van der Waals surface area contributed by atoms with Crippen LogP contribution >= 0.6 is 0 Å². The number of benzene rings is 2. The van der Waals surface area contributed by atoms with Gasteiger partial charge in [0.1, 0.15) is 5.75 Å². The quantitative estimate of drug-likeness (QED) is 0.435. The molecule has 114 valence electrons. The number of rotatable bonds is 4. The second-order valence-corrected chi connectivity index (χ2v) is 4.65. The molecule has 0 aliphatic heterocycles. The lowest BCUT2D eigenvalue weighted by molar-refractivity contribution is -0.384. The summed E-state index contributed by atoms with van der Waals surface area (Å²) >= 11 is 0. The predicted octanol–water partition coefficient (Wildman–Crippen LogP) is 2.69. The van der Waals surface area contributed by atoms with Crippen LogP contribution < -0.4 is 5.43 Å². The standard InChI is InChI=1S/C15H11N5O3/c21-14-6-5-12(20(22)23)7-11(14)9-17-19-15-13-4-2-1-3-10(13)8-16-18-15/h1-9,21H,(H,18,19)/b17-9-. The molecule has 0 atom stereocenters. The first-order chi connectivity index (χ1) is 11.1. The summed E-state index contributed by atoms with van der Waals surface area (Å²) in [4.78, 5) is 10.2. The lowest BCUT2D eigenvalue weighted by Gasteiger charge is -2.03. The Morgan fingerprint density at radius 1 is 1.26 bits per heavy atom. The summed E-state index contributed by atoms with van der Waals surface area (Å²) in [6.07, 6.45) is 2.92. The fourth-order valence-corrected chi connectivity index (χ4v) is 2.03. The summed E-state index contributed by atoms with van der Waals surface area (Å²) < 4.78 is 0. The molecule has 0 fully saturated rings. The number of hydrogen-bond donors (Lipinski definition) is 2. The van der Waals surface area contributed by atoms with E-state index in [2.05, 4.69) is 20.7 Å². The minimum atomic E-state index is -0.541. The smallest absolute Gasteiger partial charge is 0.270 e. The van der Waals surface area contributed by atoms with Gasteiger partial charge in [-0.2, -0.15) is 10.2 Å². The highest BCUT2D eigenvalue weighted by Gasteiger charge is 2.08. The highest BCUT2D eigenvalue weighted by Crippen LogP contribution is 2.22. The van der Waals surface area contributed by atoms with Crippen LogP contribution in [0.2, 0.25) is 0 Å². The van der Waals surface area contributed by atoms with Crippen molar-refractivity contribution in [1.82, 2.24) is 10.2 Å². The summed E-state index contributed by atoms with van der Waals surface area (Å²) in [5, 5.41) is 34.0. The SMILES string of the molecule is O=[N+]([O-])c1ccc(O)c(/C=N\Nc2nncc3ccccc23)c1. The number of nitro benzene ring substituents is 1. The normalized spacial score (nSPS) is 11.0. The molecule has 0 amide bonds. The summed E-state index contributed by atoms with van der Waals surface area (Å²) in [6.45, 7) is 0. The fraction of sp³-hybridized carbons (Fsp3) is 0. The second kappa shape index (κ2) is 6.06. The molecule has 8 nitrogen and oxygen atoms in total. The third-order valence-electron chi connectivity index (χ3n) is 3.17. The summed E-state index contributed by atoms with van der Waals surface area (Å²) in [5.41, 5.74) is 2.82. The van der Waals surface area contributed by atoms with Gasteiger partial charge in [0.05, 0.1) is 17.3 Å². The minimum absolute atomic E-state index is 0.106. The Kier molecular flexibility index (Phi) is 3.79. The van der Waals surface area contributed by atoms with Crippen LogP contribution in [0.4, 0.5) is 11.5 Å². The van der Waals surface area contributed by atoms with E-state index in [9.17, 15) is 15.2 Å². The average molecular weight is 309 g/mol. The number of aromatic hydroxyl groups is 1. The zero-order valence-corrected chi connectivity index (χ0v) is 11.7. The molecule has 3 rings (SSSR count). The van der Waals surface area contributed by atoms with Crippen LogP contribution in [0, 0.1) is 10.1 Å². The molecular weight excluding hydrogens is 298 g/mol. The average Bonchev–Trinajstić information content (AvgIpc) is 2.56. The van der Waals surface area contributed by atoms with Crippen molar-refractivity contribution in [2.75, 3.05) is 5.43 Å². The van der Waals surface area contributed by atoms with Gasteiger partial charge in [0.25, 0.3) is 5.69 Å². The van der Waals surface area contributed by atoms with Crippen molar-refractivity contribution < 1.29 is 10.0 Å². The molecular formula is C15H11N5O3. The van der Waals surface area contributed by atoms with Gasteiger partial charge in [-0.1, -0.05) is 24.3 Å². The van der Waals surface area contributed by atoms with Gasteiger partial charge < -0.3 is 5.11 Å². The van der Waals surface area contributed by atoms with E-state index < -0.39 is 4.92 Å². The van der Waals surface area contributed by atoms with Crippen LogP contribution in [-0.2, 0) is 0 Å². The Hall–Kier alpha value is -3.55. The van der Waals surface area contributed by atoms with Crippen molar-refractivity contribution in [1.29, 1.82) is 0 Å². The molecule has 1 heterocycles. The van der Waals surface area contributed by atoms with Crippen LogP contribution in [0.3, 0.4) is 0 Å². The van der Waals surface area contributed by atoms with Crippen molar-refractivity contribution in [2.45, 2.75) is 0 Å². The lowest BCUT2D eigenvalue weighted by atomic mass is 10.2. The van der Waals surface area contributed by atoms with Crippen molar-refractivity contribution in [2.24, 2.45) is 5.10 Å². The number of phenolic OH excluding ortho intramolecular Hbond substituents is 1. The number of nitrogens with one attached hydrogen (secondary N) is 1. The third kappa shape index (κ3) is 3.05. The lowest BCUT2D eigenvalue weighted by Crippen LogP contribution is -1.97. The summed E-state index contributed by atoms with van der Waals surface area (Å²) in [7, 11) is 0. The van der Waals surface area contributed by atoms with Crippen LogP contribution in [-0.4, -0.2) is 26.4 Å². The Labute approximate surface area is 130 Å². The van der Waals surface area contributed by atoms with E-state index in [4.69, 9.17) is 0 Å². The van der Waals surface area contributed by atoms with Crippen LogP contribution in [0.1, 0.15) is 5.56 Å². The molecule has 0 bridgehead atoms. The second-order valence-electron chi connectivity index (χ2n) is 4.65. The number of nitro groups is 1. The Morgan fingerprint density at radius 3 is 2.91 bits per heavy atom. The number of aromatic nitrogens is 2. The number of non-ortho nitro benzene ring substituents is 1. The van der Waals surface area contributed by atoms with E-state index in [1.54, 1.807) is 6.20 Å². The Morgan fingerprint density at radius 2 is 2.09 bits per heavy atom. The topological polar surface area (TPSA) is 114 Å². The highest BCUT2D eigenvalue weighted by atomic mass is 16.6. The third-order valence-corrected chi connectivity index (χ3v) is 3.17. The molecule has 3 aromatic rings. The van der Waals surface area contributed by atoms with Crippen molar-refractivity contribution in [3.05, 3.63) is 64.3 Å². The van der Waals surface area contributed by atoms with Crippen LogP contribution in [0.25, 0.3) is 10.8 Å². The number of anilines is 1. The van der Waals surface area contributed by atoms with Gasteiger partial charge in [-0.25, -0.2) is 0 Å². The number of hydrogen-bond acceptors (Lipinski definition) is 7. The van der Waals surface area contributed by atoms with E-state index in [0.29, 0.717) is 5.82 Å². The van der Waals surface area contributed by atoms with Crippen molar-refractivity contribution in [3.63, 3.8) is 0 Å². The molecule has 0 radical (unpaired) electrons. The van der Waals surface area contributed by atoms with E-state index in [0.717, 1.165) is 10.8 Å². The van der Waals surface area contributed by atoms with Gasteiger partial charge in [0, 0.05) is 28.5 Å². The van der Waals surface area contributed by atoms with Crippen LogP contribution in [0.5, 0.6) is 5.75 Å². The van der Waals surface area contributed by atoms with Crippen molar-refractivity contribution >= 4 is 28.5 Å². The zero-order valence-electron chi connectivity index (χ0n) is 11.7. The van der Waals surface area contributed by atoms with Gasteiger partial charge in [0.15, 0.2) is 5.82 Å². The number of phenols is 1. The van der Waals surface area contributed by atoms with E-state index in [-0.39, 0.29) is 17.0 Å².